The average Bonchev–Trinajstić information content (AvgIpc) is 3.74. The highest BCUT2D eigenvalue weighted by Crippen LogP contribution is 2.31. The minimum absolute atomic E-state index is 0.415. The maximum Gasteiger partial charge on any atom is 0.195 e. The van der Waals surface area contributed by atoms with E-state index in [2.05, 4.69) is 72.1 Å². The summed E-state index contributed by atoms with van der Waals surface area (Å²) in [5.74, 6) is 0. The summed E-state index contributed by atoms with van der Waals surface area (Å²) in [5, 5.41) is 19.6. The quantitative estimate of drug-likeness (QED) is 0.133. The lowest BCUT2D eigenvalue weighted by Crippen LogP contribution is -1.80. The summed E-state index contributed by atoms with van der Waals surface area (Å²) in [6, 6.07) is 35.2. The first kappa shape index (κ1) is 34.1. The summed E-state index contributed by atoms with van der Waals surface area (Å²) in [6.07, 6.45) is 5.32. The van der Waals surface area contributed by atoms with E-state index in [1.165, 1.54) is 31.3 Å². The Hall–Kier alpha value is -5.83. The molecule has 0 amide bonds. The normalized spacial score (nSPS) is 10.3. The van der Waals surface area contributed by atoms with Gasteiger partial charge in [0.1, 0.15) is 0 Å². The lowest BCUT2D eigenvalue weighted by atomic mass is 10.1. The first-order valence-electron chi connectivity index (χ1n) is 14.9. The highest BCUT2D eigenvalue weighted by atomic mass is 32.1. The minimum Gasteiger partial charge on any atom is -0.297 e. The van der Waals surface area contributed by atoms with Crippen LogP contribution in [0.3, 0.4) is 0 Å². The van der Waals surface area contributed by atoms with Crippen LogP contribution < -0.4 is 0 Å². The van der Waals surface area contributed by atoms with Crippen molar-refractivity contribution in [3.63, 3.8) is 0 Å². The zero-order valence-corrected chi connectivity index (χ0v) is 27.7. The number of aldehydes is 1. The number of hydrogen-bond acceptors (Lipinski definition) is 5. The summed E-state index contributed by atoms with van der Waals surface area (Å²) in [7, 11) is 0. The zero-order chi connectivity index (χ0) is 33.6. The minimum atomic E-state index is 0.415. The lowest BCUT2D eigenvalue weighted by molar-refractivity contribution is 0.112. The Morgan fingerprint density at radius 3 is 1.79 bits per heavy atom. The van der Waals surface area contributed by atoms with Gasteiger partial charge in [0, 0.05) is 14.3 Å². The molecule has 0 fully saturated rings. The van der Waals surface area contributed by atoms with Gasteiger partial charge in [-0.05, 0) is 88.3 Å². The van der Waals surface area contributed by atoms with E-state index in [9.17, 15) is 4.79 Å². The largest absolute Gasteiger partial charge is 0.297 e. The first-order valence-corrected chi connectivity index (χ1v) is 16.5. The van der Waals surface area contributed by atoms with Crippen molar-refractivity contribution in [1.82, 2.24) is 0 Å². The molecule has 0 aliphatic heterocycles. The first-order chi connectivity index (χ1) is 22.9. The molecule has 0 N–H and O–H groups in total. The van der Waals surface area contributed by atoms with Crippen LogP contribution in [0.2, 0.25) is 0 Å². The number of carbonyl (C=O) groups excluding carboxylic acids is 1. The van der Waals surface area contributed by atoms with E-state index in [1.807, 2.05) is 30.3 Å². The Morgan fingerprint density at radius 2 is 1.30 bits per heavy atom. The molecule has 0 aliphatic rings. The summed E-state index contributed by atoms with van der Waals surface area (Å²) in [4.78, 5) is 19.3. The smallest absolute Gasteiger partial charge is 0.195 e. The Balaban J connectivity index is 0.000000176. The number of nitrogens with zero attached hydrogens (tertiary/aromatic N) is 4. The molecular weight excluding hydrogens is 617 g/mol. The van der Waals surface area contributed by atoms with Gasteiger partial charge in [0.2, 0.25) is 0 Å². The summed E-state index contributed by atoms with van der Waals surface area (Å²) in [6.45, 7) is 18.4. The Labute approximate surface area is 283 Å². The number of carbonyl (C=O) groups is 1. The van der Waals surface area contributed by atoms with Gasteiger partial charge in [0.15, 0.2) is 17.7 Å². The number of aryl methyl sites for hydroxylation is 2. The van der Waals surface area contributed by atoms with E-state index in [-0.39, 0.29) is 0 Å². The molecule has 0 aliphatic carbocycles. The fourth-order valence-electron chi connectivity index (χ4n) is 4.57. The second-order valence-corrected chi connectivity index (χ2v) is 12.5. The molecule has 6 rings (SSSR count). The molecule has 47 heavy (non-hydrogen) atoms. The average molecular weight is 647 g/mol. The van der Waals surface area contributed by atoms with Crippen molar-refractivity contribution in [2.45, 2.75) is 33.1 Å². The van der Waals surface area contributed by atoms with Gasteiger partial charge in [0.25, 0.3) is 0 Å². The van der Waals surface area contributed by atoms with Crippen molar-refractivity contribution >= 4 is 66.6 Å². The highest BCUT2D eigenvalue weighted by Gasteiger charge is 2.06. The molecule has 7 heteroatoms. The van der Waals surface area contributed by atoms with Crippen LogP contribution >= 0.6 is 22.7 Å². The molecule has 2 aromatic heterocycles. The number of nitriles is 2. The van der Waals surface area contributed by atoms with Crippen LogP contribution in [0.5, 0.6) is 0 Å². The van der Waals surface area contributed by atoms with Crippen LogP contribution in [-0.2, 0) is 19.3 Å². The SMILES string of the molecule is CCc1ccc2cc(C=O)sc2c1.[C-]#[N+]/C(=C\c1cc2ccc(CC)cc2s1)c1ccc(C#N)cc1.[C-]#[N+]c1ccc(CC#N)cc1. The number of thiophene rings is 2. The van der Waals surface area contributed by atoms with Crippen LogP contribution in [0.1, 0.15) is 56.2 Å². The van der Waals surface area contributed by atoms with Crippen LogP contribution in [-0.4, -0.2) is 6.29 Å². The van der Waals surface area contributed by atoms with Crippen LogP contribution in [0.25, 0.3) is 41.6 Å². The Morgan fingerprint density at radius 1 is 0.745 bits per heavy atom. The summed E-state index contributed by atoms with van der Waals surface area (Å²) >= 11 is 3.26. The van der Waals surface area contributed by atoms with Crippen molar-refractivity contribution in [2.75, 3.05) is 0 Å². The zero-order valence-electron chi connectivity index (χ0n) is 26.0. The van der Waals surface area contributed by atoms with Crippen molar-refractivity contribution < 1.29 is 4.79 Å². The molecule has 2 heterocycles. The number of fused-ring (bicyclic) bond motifs is 2. The Bertz CT molecular complexity index is 2190. The van der Waals surface area contributed by atoms with Crippen molar-refractivity contribution in [3.05, 3.63) is 157 Å². The Kier molecular flexibility index (Phi) is 12.3. The summed E-state index contributed by atoms with van der Waals surface area (Å²) in [5.41, 5.74) is 6.26. The third-order valence-corrected chi connectivity index (χ3v) is 9.27. The molecule has 6 aromatic rings. The van der Waals surface area contributed by atoms with Gasteiger partial charge in [-0.15, -0.1) is 22.7 Å². The van der Waals surface area contributed by atoms with E-state index < -0.39 is 0 Å². The molecular formula is C40H30N4OS2. The molecule has 228 valence electrons. The van der Waals surface area contributed by atoms with Gasteiger partial charge in [-0.25, -0.2) is 9.69 Å². The number of rotatable bonds is 6. The molecule has 0 unspecified atom stereocenters. The van der Waals surface area contributed by atoms with Gasteiger partial charge in [-0.2, -0.15) is 10.5 Å². The fraction of sp³-hybridized carbons (Fsp3) is 0.125. The lowest BCUT2D eigenvalue weighted by Gasteiger charge is -1.98. The molecule has 0 atom stereocenters. The van der Waals surface area contributed by atoms with E-state index in [4.69, 9.17) is 23.7 Å². The maximum absolute atomic E-state index is 10.5. The van der Waals surface area contributed by atoms with Gasteiger partial charge in [-0.1, -0.05) is 74.5 Å². The third kappa shape index (κ3) is 9.34. The van der Waals surface area contributed by atoms with Gasteiger partial charge in [0.05, 0.1) is 42.1 Å². The maximum atomic E-state index is 10.5. The second-order valence-electron chi connectivity index (χ2n) is 10.3. The molecule has 0 saturated carbocycles. The highest BCUT2D eigenvalue weighted by molar-refractivity contribution is 7.20. The van der Waals surface area contributed by atoms with Gasteiger partial charge < -0.3 is 0 Å². The number of hydrogen-bond donors (Lipinski definition) is 0. The van der Waals surface area contributed by atoms with Gasteiger partial charge in [-0.3, -0.25) is 4.79 Å². The van der Waals surface area contributed by atoms with Crippen LogP contribution in [0, 0.1) is 35.8 Å². The third-order valence-electron chi connectivity index (χ3n) is 7.20. The van der Waals surface area contributed by atoms with Crippen molar-refractivity contribution in [2.24, 2.45) is 0 Å². The van der Waals surface area contributed by atoms with Crippen LogP contribution in [0.15, 0.2) is 97.1 Å². The standard InChI is InChI=1S/C20H14N2S.C11H10OS.C9H6N2/c1-3-14-4-9-17-11-18(23-20(17)10-14)12-19(22-2)16-7-5-15(13-21)6-8-16;1-2-8-3-4-9-6-10(7-12)13-11(9)5-8;1-11-9-4-2-8(3-5-9)6-7-10/h4-12H,3H2,1H3;3-7H,2H2,1H3;2-5H,6H2/b19-12-;;. The predicted octanol–water partition coefficient (Wildman–Crippen LogP) is 11.3. The topological polar surface area (TPSA) is 73.4 Å². The van der Waals surface area contributed by atoms with E-state index in [0.717, 1.165) is 40.0 Å². The molecule has 0 saturated heterocycles. The fourth-order valence-corrected chi connectivity index (χ4v) is 6.58. The van der Waals surface area contributed by atoms with E-state index in [1.54, 1.807) is 59.1 Å². The number of benzene rings is 4. The van der Waals surface area contributed by atoms with E-state index >= 15 is 0 Å². The monoisotopic (exact) mass is 646 g/mol. The summed E-state index contributed by atoms with van der Waals surface area (Å²) < 4.78 is 2.46. The van der Waals surface area contributed by atoms with Crippen LogP contribution in [0.4, 0.5) is 5.69 Å². The van der Waals surface area contributed by atoms with Crippen molar-refractivity contribution in [3.8, 4) is 12.1 Å². The van der Waals surface area contributed by atoms with Gasteiger partial charge >= 0.3 is 0 Å². The van der Waals surface area contributed by atoms with Crippen molar-refractivity contribution in [1.29, 1.82) is 10.5 Å². The van der Waals surface area contributed by atoms with E-state index in [0.29, 0.717) is 23.4 Å². The molecule has 0 spiro atoms. The molecule has 4 aromatic carbocycles. The molecule has 0 bridgehead atoms. The predicted molar refractivity (Wildman–Crippen MR) is 195 cm³/mol. The second kappa shape index (κ2) is 17.0. The molecule has 0 radical (unpaired) electrons. The molecule has 5 nitrogen and oxygen atoms in total.